The van der Waals surface area contributed by atoms with Gasteiger partial charge in [-0.3, -0.25) is 0 Å². The van der Waals surface area contributed by atoms with Gasteiger partial charge in [0.05, 0.1) is 24.7 Å². The fraction of sp³-hybridized carbons (Fsp3) is 0.692. The first kappa shape index (κ1) is 13.5. The maximum Gasteiger partial charge on any atom is 0.106 e. The van der Waals surface area contributed by atoms with Gasteiger partial charge in [-0.2, -0.15) is 0 Å². The molecule has 0 aliphatic heterocycles. The molecule has 1 aliphatic carbocycles. The Kier molecular flexibility index (Phi) is 7.23. The number of allylic oxidation sites excluding steroid dienone is 4. The second-order valence-electron chi connectivity index (χ2n) is 3.92. The monoisotopic (exact) mass is 243 g/mol. The predicted molar refractivity (Wildman–Crippen MR) is 71.9 cm³/mol. The van der Waals surface area contributed by atoms with Crippen LogP contribution in [0.3, 0.4) is 0 Å². The zero-order chi connectivity index (χ0) is 11.6. The second-order valence-corrected chi connectivity index (χ2v) is 4.42. The highest BCUT2D eigenvalue weighted by molar-refractivity contribution is 7.58. The molecule has 0 aromatic rings. The van der Waals surface area contributed by atoms with Crippen molar-refractivity contribution in [3.8, 4) is 0 Å². The summed E-state index contributed by atoms with van der Waals surface area (Å²) >= 11 is 3.43. The Bertz CT molecular complexity index is 220. The summed E-state index contributed by atoms with van der Waals surface area (Å²) in [5, 5.41) is 0. The van der Waals surface area contributed by atoms with E-state index in [0.717, 1.165) is 56.2 Å². The van der Waals surface area contributed by atoms with Crippen molar-refractivity contribution in [2.24, 2.45) is 0 Å². The Morgan fingerprint density at radius 2 is 1.62 bits per heavy atom. The van der Waals surface area contributed by atoms with E-state index in [1.807, 2.05) is 12.2 Å². The molecule has 2 nitrogen and oxygen atoms in total. The predicted octanol–water partition coefficient (Wildman–Crippen LogP) is 2.78. The minimum Gasteiger partial charge on any atom is -0.498 e. The Labute approximate surface area is 104 Å². The van der Waals surface area contributed by atoms with Crippen LogP contribution in [0.4, 0.5) is 0 Å². The van der Waals surface area contributed by atoms with Crippen LogP contribution in [0.1, 0.15) is 39.0 Å². The molecule has 0 unspecified atom stereocenters. The molecule has 0 bridgehead atoms. The normalized spacial score (nSPS) is 15.4. The Balaban J connectivity index is 2.21. The van der Waals surface area contributed by atoms with Crippen molar-refractivity contribution in [2.75, 3.05) is 19.0 Å². The Morgan fingerprint density at radius 3 is 2.06 bits per heavy atom. The molecule has 0 atom stereocenters. The number of hydrogen-bond acceptors (Lipinski definition) is 2. The second kappa shape index (κ2) is 8.57. The van der Waals surface area contributed by atoms with Gasteiger partial charge in [0, 0.05) is 19.3 Å². The molecule has 0 amide bonds. The maximum atomic E-state index is 5.65. The van der Waals surface area contributed by atoms with Crippen LogP contribution < -0.4 is 0 Å². The molecular weight excluding hydrogens is 220 g/mol. The molecule has 0 saturated heterocycles. The summed E-state index contributed by atoms with van der Waals surface area (Å²) in [6.07, 6.45) is 9.40. The van der Waals surface area contributed by atoms with Gasteiger partial charge in [-0.25, -0.2) is 0 Å². The van der Waals surface area contributed by atoms with Gasteiger partial charge in [0.25, 0.3) is 0 Å². The molecule has 0 spiro atoms. The SMILES string of the molecule is CCCCOC1=CC=C(OCCC[SH2+])CC1. The lowest BCUT2D eigenvalue weighted by Gasteiger charge is -2.16. The van der Waals surface area contributed by atoms with Gasteiger partial charge < -0.3 is 9.47 Å². The quantitative estimate of drug-likeness (QED) is 0.482. The number of rotatable bonds is 8. The molecule has 0 aromatic heterocycles. The van der Waals surface area contributed by atoms with Crippen LogP contribution in [0.25, 0.3) is 0 Å². The molecule has 1 rings (SSSR count). The summed E-state index contributed by atoms with van der Waals surface area (Å²) in [4.78, 5) is 0. The van der Waals surface area contributed by atoms with E-state index in [1.165, 1.54) is 6.42 Å². The molecule has 0 saturated carbocycles. The standard InChI is InChI=1S/C13H22O2S/c1-2-3-9-14-12-5-7-13(8-6-12)15-10-4-11-16/h5,7,16H,2-4,6,8-11H2,1H3/p+1. The molecule has 3 heteroatoms. The van der Waals surface area contributed by atoms with Crippen LogP contribution in [0.5, 0.6) is 0 Å². The van der Waals surface area contributed by atoms with Crippen LogP contribution in [0.2, 0.25) is 0 Å². The van der Waals surface area contributed by atoms with Crippen LogP contribution in [-0.2, 0) is 22.1 Å². The molecule has 0 aromatic carbocycles. The van der Waals surface area contributed by atoms with E-state index in [0.29, 0.717) is 0 Å². The lowest BCUT2D eigenvalue weighted by atomic mass is 10.1. The first-order chi connectivity index (χ1) is 7.86. The molecule has 0 heterocycles. The topological polar surface area (TPSA) is 18.5 Å². The van der Waals surface area contributed by atoms with Crippen molar-refractivity contribution in [1.29, 1.82) is 0 Å². The Morgan fingerprint density at radius 1 is 1.06 bits per heavy atom. The van der Waals surface area contributed by atoms with E-state index in [9.17, 15) is 0 Å². The average molecular weight is 243 g/mol. The number of hydrogen-bond donors (Lipinski definition) is 0. The van der Waals surface area contributed by atoms with Crippen molar-refractivity contribution < 1.29 is 9.47 Å². The van der Waals surface area contributed by atoms with Gasteiger partial charge in [0.2, 0.25) is 0 Å². The first-order valence-electron chi connectivity index (χ1n) is 6.16. The smallest absolute Gasteiger partial charge is 0.106 e. The van der Waals surface area contributed by atoms with Crippen molar-refractivity contribution in [2.45, 2.75) is 39.0 Å². The van der Waals surface area contributed by atoms with E-state index >= 15 is 0 Å². The highest BCUT2D eigenvalue weighted by Crippen LogP contribution is 2.20. The zero-order valence-corrected chi connectivity index (χ0v) is 11.1. The van der Waals surface area contributed by atoms with E-state index in [2.05, 4.69) is 19.6 Å². The first-order valence-corrected chi connectivity index (χ1v) is 6.87. The summed E-state index contributed by atoms with van der Waals surface area (Å²) in [5.41, 5.74) is 0. The third kappa shape index (κ3) is 5.50. The molecule has 92 valence electrons. The van der Waals surface area contributed by atoms with Crippen molar-refractivity contribution in [3.05, 3.63) is 23.7 Å². The minimum atomic E-state index is 0.801. The third-order valence-corrected chi connectivity index (χ3v) is 2.82. The van der Waals surface area contributed by atoms with Crippen LogP contribution >= 0.6 is 0 Å². The van der Waals surface area contributed by atoms with Crippen LogP contribution in [0, 0.1) is 0 Å². The lowest BCUT2D eigenvalue weighted by Crippen LogP contribution is -2.03. The van der Waals surface area contributed by atoms with Gasteiger partial charge in [0.1, 0.15) is 5.75 Å². The molecule has 0 N–H and O–H groups in total. The highest BCUT2D eigenvalue weighted by atomic mass is 32.1. The average Bonchev–Trinajstić information content (AvgIpc) is 2.32. The van der Waals surface area contributed by atoms with E-state index in [4.69, 9.17) is 9.47 Å². The summed E-state index contributed by atoms with van der Waals surface area (Å²) < 4.78 is 11.3. The van der Waals surface area contributed by atoms with Crippen molar-refractivity contribution in [3.63, 3.8) is 0 Å². The van der Waals surface area contributed by atoms with E-state index in [1.54, 1.807) is 0 Å². The van der Waals surface area contributed by atoms with Crippen LogP contribution in [0.15, 0.2) is 23.7 Å². The number of unbranched alkanes of at least 4 members (excludes halogenated alkanes) is 1. The summed E-state index contributed by atoms with van der Waals surface area (Å²) in [6.45, 7) is 3.82. The van der Waals surface area contributed by atoms with Crippen molar-refractivity contribution in [1.82, 2.24) is 0 Å². The minimum absolute atomic E-state index is 0.801. The van der Waals surface area contributed by atoms with Gasteiger partial charge in [-0.1, -0.05) is 13.3 Å². The van der Waals surface area contributed by atoms with Gasteiger partial charge in [-0.15, -0.1) is 0 Å². The van der Waals surface area contributed by atoms with Crippen molar-refractivity contribution >= 4 is 12.6 Å². The van der Waals surface area contributed by atoms with E-state index in [-0.39, 0.29) is 0 Å². The lowest BCUT2D eigenvalue weighted by molar-refractivity contribution is 0.174. The number of ether oxygens (including phenoxy) is 2. The Hall–Kier alpha value is -0.570. The maximum absolute atomic E-state index is 5.65. The molecule has 0 fully saturated rings. The molecular formula is C13H23O2S+. The zero-order valence-electron chi connectivity index (χ0n) is 10.1. The fourth-order valence-electron chi connectivity index (χ4n) is 1.46. The fourth-order valence-corrected chi connectivity index (χ4v) is 1.61. The molecule has 16 heavy (non-hydrogen) atoms. The van der Waals surface area contributed by atoms with Gasteiger partial charge in [-0.05, 0) is 31.2 Å². The molecule has 0 radical (unpaired) electrons. The summed E-state index contributed by atoms with van der Waals surface area (Å²) in [5.74, 6) is 3.18. The van der Waals surface area contributed by atoms with Gasteiger partial charge >= 0.3 is 0 Å². The summed E-state index contributed by atoms with van der Waals surface area (Å²) in [7, 11) is 0. The summed E-state index contributed by atoms with van der Waals surface area (Å²) in [6, 6.07) is 0. The molecule has 1 aliphatic rings. The highest BCUT2D eigenvalue weighted by Gasteiger charge is 2.08. The third-order valence-electron chi connectivity index (χ3n) is 2.47. The van der Waals surface area contributed by atoms with Crippen LogP contribution in [-0.4, -0.2) is 19.0 Å². The largest absolute Gasteiger partial charge is 0.498 e. The van der Waals surface area contributed by atoms with Gasteiger partial charge in [0.15, 0.2) is 0 Å². The van der Waals surface area contributed by atoms with E-state index < -0.39 is 0 Å².